The molecule has 1 rings (SSSR count). The van der Waals surface area contributed by atoms with Crippen molar-refractivity contribution in [2.24, 2.45) is 5.92 Å². The number of halogens is 1. The Labute approximate surface area is 116 Å². The average molecular weight is 347 g/mol. The van der Waals surface area contributed by atoms with Crippen molar-refractivity contribution < 1.29 is 9.53 Å². The number of benzene rings is 1. The lowest BCUT2D eigenvalue weighted by Gasteiger charge is -2.19. The molecule has 17 heavy (non-hydrogen) atoms. The summed E-state index contributed by atoms with van der Waals surface area (Å²) in [6.45, 7) is 4.69. The van der Waals surface area contributed by atoms with Gasteiger partial charge < -0.3 is 10.1 Å². The molecule has 0 aliphatic rings. The summed E-state index contributed by atoms with van der Waals surface area (Å²) in [6.07, 6.45) is 0.0559. The number of carbonyl (C=O) groups excluding carboxylic acids is 1. The first-order valence-corrected chi connectivity index (χ1v) is 6.69. The number of ether oxygens (including phenoxy) is 1. The van der Waals surface area contributed by atoms with E-state index in [1.54, 1.807) is 7.11 Å². The van der Waals surface area contributed by atoms with Crippen LogP contribution in [0.2, 0.25) is 0 Å². The average Bonchev–Trinajstić information content (AvgIpc) is 2.29. The molecule has 1 amide bonds. The van der Waals surface area contributed by atoms with Crippen molar-refractivity contribution in [1.82, 2.24) is 5.32 Å². The molecule has 1 aromatic carbocycles. The van der Waals surface area contributed by atoms with Crippen LogP contribution in [-0.2, 0) is 4.74 Å². The van der Waals surface area contributed by atoms with E-state index in [-0.39, 0.29) is 12.0 Å². The van der Waals surface area contributed by atoms with E-state index in [0.717, 1.165) is 3.57 Å². The second kappa shape index (κ2) is 6.96. The predicted octanol–water partition coefficient (Wildman–Crippen LogP) is 2.69. The molecule has 0 aliphatic heterocycles. The fourth-order valence-electron chi connectivity index (χ4n) is 1.53. The van der Waals surface area contributed by atoms with E-state index in [0.29, 0.717) is 18.0 Å². The highest BCUT2D eigenvalue weighted by atomic mass is 127. The third-order valence-electron chi connectivity index (χ3n) is 2.63. The maximum atomic E-state index is 11.9. The van der Waals surface area contributed by atoms with E-state index in [1.807, 2.05) is 24.3 Å². The Kier molecular flexibility index (Phi) is 5.91. The SMILES string of the molecule is CO[C@@H](CNC(=O)c1ccccc1I)C(C)C. The predicted molar refractivity (Wildman–Crippen MR) is 77.1 cm³/mol. The third-order valence-corrected chi connectivity index (χ3v) is 3.57. The number of hydrogen-bond acceptors (Lipinski definition) is 2. The van der Waals surface area contributed by atoms with Gasteiger partial charge in [-0.1, -0.05) is 26.0 Å². The van der Waals surface area contributed by atoms with Gasteiger partial charge in [0.25, 0.3) is 5.91 Å². The molecule has 0 saturated heterocycles. The molecule has 0 aromatic heterocycles. The van der Waals surface area contributed by atoms with Crippen LogP contribution in [0.5, 0.6) is 0 Å². The number of carbonyl (C=O) groups is 1. The van der Waals surface area contributed by atoms with Crippen LogP contribution in [-0.4, -0.2) is 25.7 Å². The van der Waals surface area contributed by atoms with E-state index >= 15 is 0 Å². The minimum atomic E-state index is -0.0438. The Hall–Kier alpha value is -0.620. The monoisotopic (exact) mass is 347 g/mol. The fourth-order valence-corrected chi connectivity index (χ4v) is 2.16. The van der Waals surface area contributed by atoms with Gasteiger partial charge in [-0.15, -0.1) is 0 Å². The van der Waals surface area contributed by atoms with Crippen molar-refractivity contribution >= 4 is 28.5 Å². The van der Waals surface area contributed by atoms with Crippen molar-refractivity contribution in [1.29, 1.82) is 0 Å². The summed E-state index contributed by atoms with van der Waals surface area (Å²) in [5.41, 5.74) is 0.715. The smallest absolute Gasteiger partial charge is 0.252 e. The van der Waals surface area contributed by atoms with Crippen LogP contribution in [0.15, 0.2) is 24.3 Å². The summed E-state index contributed by atoms with van der Waals surface area (Å²) in [5, 5.41) is 2.90. The van der Waals surface area contributed by atoms with Crippen molar-refractivity contribution in [2.75, 3.05) is 13.7 Å². The maximum Gasteiger partial charge on any atom is 0.252 e. The van der Waals surface area contributed by atoms with Crippen molar-refractivity contribution in [3.05, 3.63) is 33.4 Å². The van der Waals surface area contributed by atoms with Gasteiger partial charge >= 0.3 is 0 Å². The Bertz CT molecular complexity index is 379. The summed E-state index contributed by atoms with van der Waals surface area (Å²) in [5.74, 6) is 0.341. The van der Waals surface area contributed by atoms with Gasteiger partial charge in [0.05, 0.1) is 11.7 Å². The molecule has 0 unspecified atom stereocenters. The molecule has 0 spiro atoms. The quantitative estimate of drug-likeness (QED) is 0.832. The minimum Gasteiger partial charge on any atom is -0.379 e. The van der Waals surface area contributed by atoms with E-state index in [1.165, 1.54) is 0 Å². The lowest BCUT2D eigenvalue weighted by Crippen LogP contribution is -2.36. The van der Waals surface area contributed by atoms with Gasteiger partial charge in [0.15, 0.2) is 0 Å². The molecular weight excluding hydrogens is 329 g/mol. The first-order valence-electron chi connectivity index (χ1n) is 5.61. The zero-order valence-corrected chi connectivity index (χ0v) is 12.5. The highest BCUT2D eigenvalue weighted by molar-refractivity contribution is 14.1. The lowest BCUT2D eigenvalue weighted by atomic mass is 10.1. The number of hydrogen-bond donors (Lipinski definition) is 1. The highest BCUT2D eigenvalue weighted by Gasteiger charge is 2.15. The molecule has 0 fully saturated rings. The zero-order valence-electron chi connectivity index (χ0n) is 10.4. The molecule has 0 saturated carbocycles. The van der Waals surface area contributed by atoms with E-state index in [2.05, 4.69) is 41.8 Å². The topological polar surface area (TPSA) is 38.3 Å². The Morgan fingerprint density at radius 2 is 2.06 bits per heavy atom. The normalized spacial score (nSPS) is 12.5. The Morgan fingerprint density at radius 3 is 2.59 bits per heavy atom. The molecule has 94 valence electrons. The van der Waals surface area contributed by atoms with Gasteiger partial charge in [-0.25, -0.2) is 0 Å². The van der Waals surface area contributed by atoms with E-state index < -0.39 is 0 Å². The van der Waals surface area contributed by atoms with Gasteiger partial charge in [-0.05, 0) is 40.6 Å². The molecule has 3 nitrogen and oxygen atoms in total. The molecule has 0 heterocycles. The molecular formula is C13H18INO2. The van der Waals surface area contributed by atoms with Crippen LogP contribution in [0.3, 0.4) is 0 Å². The molecule has 0 radical (unpaired) electrons. The zero-order chi connectivity index (χ0) is 12.8. The Balaban J connectivity index is 2.59. The van der Waals surface area contributed by atoms with Gasteiger partial charge in [0.2, 0.25) is 0 Å². The van der Waals surface area contributed by atoms with Gasteiger partial charge in [-0.3, -0.25) is 4.79 Å². The molecule has 1 atom stereocenters. The van der Waals surface area contributed by atoms with Gasteiger partial charge in [-0.2, -0.15) is 0 Å². The third kappa shape index (κ3) is 4.27. The van der Waals surface area contributed by atoms with Crippen LogP contribution >= 0.6 is 22.6 Å². The summed E-state index contributed by atoms with van der Waals surface area (Å²) < 4.78 is 6.27. The van der Waals surface area contributed by atoms with Crippen molar-refractivity contribution in [2.45, 2.75) is 20.0 Å². The second-order valence-corrected chi connectivity index (χ2v) is 5.37. The molecule has 1 aromatic rings. The summed E-state index contributed by atoms with van der Waals surface area (Å²) in [7, 11) is 1.67. The van der Waals surface area contributed by atoms with Gasteiger partial charge in [0.1, 0.15) is 0 Å². The summed E-state index contributed by atoms with van der Waals surface area (Å²) in [6, 6.07) is 7.54. The first kappa shape index (κ1) is 14.4. The molecule has 0 bridgehead atoms. The van der Waals surface area contributed by atoms with E-state index in [9.17, 15) is 4.79 Å². The lowest BCUT2D eigenvalue weighted by molar-refractivity contribution is 0.0604. The van der Waals surface area contributed by atoms with E-state index in [4.69, 9.17) is 4.74 Å². The van der Waals surface area contributed by atoms with Crippen LogP contribution < -0.4 is 5.32 Å². The maximum absolute atomic E-state index is 11.9. The van der Waals surface area contributed by atoms with Gasteiger partial charge in [0, 0.05) is 17.2 Å². The summed E-state index contributed by atoms with van der Waals surface area (Å²) >= 11 is 2.16. The highest BCUT2D eigenvalue weighted by Crippen LogP contribution is 2.11. The van der Waals surface area contributed by atoms with Crippen LogP contribution in [0, 0.1) is 9.49 Å². The number of amides is 1. The largest absolute Gasteiger partial charge is 0.379 e. The van der Waals surface area contributed by atoms with Crippen LogP contribution in [0.25, 0.3) is 0 Å². The number of rotatable bonds is 5. The van der Waals surface area contributed by atoms with Crippen molar-refractivity contribution in [3.8, 4) is 0 Å². The summed E-state index contributed by atoms with van der Waals surface area (Å²) in [4.78, 5) is 11.9. The molecule has 4 heteroatoms. The standard InChI is InChI=1S/C13H18INO2/c1-9(2)12(17-3)8-15-13(16)10-6-4-5-7-11(10)14/h4-7,9,12H,8H2,1-3H3,(H,15,16)/t12-/m0/s1. The number of nitrogens with one attached hydrogen (secondary N) is 1. The van der Waals surface area contributed by atoms with Crippen LogP contribution in [0.1, 0.15) is 24.2 Å². The van der Waals surface area contributed by atoms with Crippen molar-refractivity contribution in [3.63, 3.8) is 0 Å². The molecule has 1 N–H and O–H groups in total. The fraction of sp³-hybridized carbons (Fsp3) is 0.462. The minimum absolute atomic E-state index is 0.0438. The Morgan fingerprint density at radius 1 is 1.41 bits per heavy atom. The second-order valence-electron chi connectivity index (χ2n) is 4.21. The first-order chi connectivity index (χ1) is 8.06. The number of methoxy groups -OCH3 is 1. The van der Waals surface area contributed by atoms with Crippen LogP contribution in [0.4, 0.5) is 0 Å². The molecule has 0 aliphatic carbocycles.